The summed E-state index contributed by atoms with van der Waals surface area (Å²) in [4.78, 5) is 11.2. The highest BCUT2D eigenvalue weighted by Crippen LogP contribution is 2.36. The Morgan fingerprint density at radius 3 is 2.12 bits per heavy atom. The Hall–Kier alpha value is -0.620. The van der Waals surface area contributed by atoms with E-state index in [2.05, 4.69) is 0 Å². The molecular weight excluding hydrogens is 242 g/mol. The highest BCUT2D eigenvalue weighted by Gasteiger charge is 2.42. The highest BCUT2D eigenvalue weighted by atomic mass is 32.2. The van der Waals surface area contributed by atoms with Crippen molar-refractivity contribution in [3.8, 4) is 0 Å². The smallest absolute Gasteiger partial charge is 0.309 e. The van der Waals surface area contributed by atoms with Crippen LogP contribution in [0.15, 0.2) is 0 Å². The molecule has 1 saturated heterocycles. The summed E-state index contributed by atoms with van der Waals surface area (Å²) in [6.07, 6.45) is 1.37. The Labute approximate surface area is 103 Å². The number of carboxylic acids is 1. The molecule has 0 aliphatic carbocycles. The summed E-state index contributed by atoms with van der Waals surface area (Å²) in [6.45, 7) is 5.78. The van der Waals surface area contributed by atoms with Gasteiger partial charge in [0, 0.05) is 13.1 Å². The van der Waals surface area contributed by atoms with Gasteiger partial charge in [0.25, 0.3) is 0 Å². The van der Waals surface area contributed by atoms with E-state index in [0.717, 1.165) is 0 Å². The largest absolute Gasteiger partial charge is 0.481 e. The molecule has 0 saturated carbocycles. The van der Waals surface area contributed by atoms with Gasteiger partial charge in [-0.3, -0.25) is 4.79 Å². The third-order valence-electron chi connectivity index (χ3n) is 3.77. The molecule has 1 heterocycles. The van der Waals surface area contributed by atoms with Gasteiger partial charge >= 0.3 is 5.97 Å². The molecule has 0 aromatic heterocycles. The van der Waals surface area contributed by atoms with Gasteiger partial charge < -0.3 is 5.11 Å². The minimum atomic E-state index is -3.24. The van der Waals surface area contributed by atoms with E-state index in [1.807, 2.05) is 6.92 Å². The fourth-order valence-electron chi connectivity index (χ4n) is 2.19. The van der Waals surface area contributed by atoms with Crippen LogP contribution >= 0.6 is 0 Å². The number of carbonyl (C=O) groups is 1. The standard InChI is InChI=1S/C11H21NO4S/c1-4-11(10(13)14)5-7-12(8-6-11)17(15,16)9(2)3/h9H,4-8H2,1-3H3,(H,13,14). The zero-order valence-corrected chi connectivity index (χ0v) is 11.5. The van der Waals surface area contributed by atoms with E-state index in [-0.39, 0.29) is 0 Å². The van der Waals surface area contributed by atoms with Crippen molar-refractivity contribution in [2.24, 2.45) is 5.41 Å². The van der Waals surface area contributed by atoms with Crippen LogP contribution in [0.1, 0.15) is 40.0 Å². The number of rotatable bonds is 4. The first kappa shape index (κ1) is 14.4. The SMILES string of the molecule is CCC1(C(=O)O)CCN(S(=O)(=O)C(C)C)CC1. The van der Waals surface area contributed by atoms with Gasteiger partial charge in [-0.25, -0.2) is 12.7 Å². The number of sulfonamides is 1. The lowest BCUT2D eigenvalue weighted by atomic mass is 9.77. The van der Waals surface area contributed by atoms with Crippen LogP contribution in [0.25, 0.3) is 0 Å². The molecule has 0 aromatic rings. The first-order valence-corrected chi connectivity index (χ1v) is 7.49. The molecule has 0 aromatic carbocycles. The van der Waals surface area contributed by atoms with E-state index in [9.17, 15) is 18.3 Å². The molecule has 1 fully saturated rings. The first-order chi connectivity index (χ1) is 7.76. The summed E-state index contributed by atoms with van der Waals surface area (Å²) in [5, 5.41) is 8.78. The van der Waals surface area contributed by atoms with Crippen LogP contribution < -0.4 is 0 Å². The Kier molecular flexibility index (Phi) is 4.19. The molecule has 1 N–H and O–H groups in total. The fourth-order valence-corrected chi connectivity index (χ4v) is 3.47. The van der Waals surface area contributed by atoms with E-state index in [1.54, 1.807) is 13.8 Å². The Balaban J connectivity index is 2.78. The average Bonchev–Trinajstić information content (AvgIpc) is 2.28. The van der Waals surface area contributed by atoms with Crippen LogP contribution in [0.5, 0.6) is 0 Å². The summed E-state index contributed by atoms with van der Waals surface area (Å²) in [7, 11) is -3.24. The third-order valence-corrected chi connectivity index (χ3v) is 6.04. The molecule has 1 aliphatic rings. The molecule has 100 valence electrons. The summed E-state index contributed by atoms with van der Waals surface area (Å²) in [5.74, 6) is -0.804. The Morgan fingerprint density at radius 2 is 1.82 bits per heavy atom. The van der Waals surface area contributed by atoms with Crippen molar-refractivity contribution >= 4 is 16.0 Å². The van der Waals surface area contributed by atoms with Crippen molar-refractivity contribution in [1.82, 2.24) is 4.31 Å². The molecular formula is C11H21NO4S. The van der Waals surface area contributed by atoms with Gasteiger partial charge in [-0.05, 0) is 33.1 Å². The van der Waals surface area contributed by atoms with Crippen LogP contribution in [-0.4, -0.2) is 42.1 Å². The lowest BCUT2D eigenvalue weighted by molar-refractivity contribution is -0.151. The number of hydrogen-bond acceptors (Lipinski definition) is 3. The molecule has 0 atom stereocenters. The monoisotopic (exact) mass is 263 g/mol. The van der Waals surface area contributed by atoms with E-state index >= 15 is 0 Å². The molecule has 1 aliphatic heterocycles. The maximum Gasteiger partial charge on any atom is 0.309 e. The van der Waals surface area contributed by atoms with Crippen LogP contribution in [0.3, 0.4) is 0 Å². The van der Waals surface area contributed by atoms with Crippen molar-refractivity contribution in [3.63, 3.8) is 0 Å². The molecule has 1 rings (SSSR count). The minimum Gasteiger partial charge on any atom is -0.481 e. The van der Waals surface area contributed by atoms with Gasteiger partial charge in [-0.15, -0.1) is 0 Å². The van der Waals surface area contributed by atoms with Crippen molar-refractivity contribution in [3.05, 3.63) is 0 Å². The maximum absolute atomic E-state index is 11.9. The molecule has 0 spiro atoms. The minimum absolute atomic E-state index is 0.320. The lowest BCUT2D eigenvalue weighted by Crippen LogP contribution is -2.47. The summed E-state index contributed by atoms with van der Waals surface area (Å²) in [6, 6.07) is 0. The number of piperidine rings is 1. The van der Waals surface area contributed by atoms with Gasteiger partial charge in [0.05, 0.1) is 10.7 Å². The molecule has 0 unspecified atom stereocenters. The fraction of sp³-hybridized carbons (Fsp3) is 0.909. The maximum atomic E-state index is 11.9. The number of hydrogen-bond donors (Lipinski definition) is 1. The molecule has 6 heteroatoms. The van der Waals surface area contributed by atoms with Crippen LogP contribution in [0.2, 0.25) is 0 Å². The topological polar surface area (TPSA) is 74.7 Å². The van der Waals surface area contributed by atoms with Gasteiger partial charge in [-0.1, -0.05) is 6.92 Å². The second-order valence-corrected chi connectivity index (χ2v) is 7.42. The van der Waals surface area contributed by atoms with E-state index in [1.165, 1.54) is 4.31 Å². The third kappa shape index (κ3) is 2.63. The van der Waals surface area contributed by atoms with Crippen LogP contribution in [-0.2, 0) is 14.8 Å². The summed E-state index contributed by atoms with van der Waals surface area (Å²) in [5.41, 5.74) is -0.733. The van der Waals surface area contributed by atoms with Gasteiger partial charge in [0.15, 0.2) is 0 Å². The predicted molar refractivity (Wildman–Crippen MR) is 65.2 cm³/mol. The Morgan fingerprint density at radius 1 is 1.35 bits per heavy atom. The number of aliphatic carboxylic acids is 1. The van der Waals surface area contributed by atoms with Crippen molar-refractivity contribution in [2.45, 2.75) is 45.3 Å². The van der Waals surface area contributed by atoms with Gasteiger partial charge in [0.1, 0.15) is 0 Å². The Bertz CT molecular complexity index is 380. The molecule has 0 amide bonds. The van der Waals surface area contributed by atoms with Crippen molar-refractivity contribution in [2.75, 3.05) is 13.1 Å². The second kappa shape index (κ2) is 4.94. The van der Waals surface area contributed by atoms with E-state index < -0.39 is 26.7 Å². The van der Waals surface area contributed by atoms with Gasteiger partial charge in [0.2, 0.25) is 10.0 Å². The molecule has 5 nitrogen and oxygen atoms in total. The summed E-state index contributed by atoms with van der Waals surface area (Å²) >= 11 is 0. The van der Waals surface area contributed by atoms with Crippen molar-refractivity contribution in [1.29, 1.82) is 0 Å². The number of carboxylic acid groups (broad SMARTS) is 1. The lowest BCUT2D eigenvalue weighted by Gasteiger charge is -2.38. The predicted octanol–water partition coefficient (Wildman–Crippen LogP) is 1.30. The molecule has 0 radical (unpaired) electrons. The second-order valence-electron chi connectivity index (χ2n) is 4.93. The van der Waals surface area contributed by atoms with E-state index in [4.69, 9.17) is 0 Å². The van der Waals surface area contributed by atoms with Gasteiger partial charge in [-0.2, -0.15) is 0 Å². The quantitative estimate of drug-likeness (QED) is 0.829. The first-order valence-electron chi connectivity index (χ1n) is 5.98. The summed E-state index contributed by atoms with van der Waals surface area (Å²) < 4.78 is 25.3. The zero-order valence-electron chi connectivity index (χ0n) is 10.6. The van der Waals surface area contributed by atoms with Crippen LogP contribution in [0, 0.1) is 5.41 Å². The molecule has 0 bridgehead atoms. The van der Waals surface area contributed by atoms with Crippen LogP contribution in [0.4, 0.5) is 0 Å². The van der Waals surface area contributed by atoms with E-state index in [0.29, 0.717) is 32.4 Å². The molecule has 17 heavy (non-hydrogen) atoms. The zero-order chi connectivity index (χ0) is 13.3. The average molecular weight is 263 g/mol. The van der Waals surface area contributed by atoms with Crippen molar-refractivity contribution < 1.29 is 18.3 Å². The highest BCUT2D eigenvalue weighted by molar-refractivity contribution is 7.89. The normalized spacial score (nSPS) is 21.6. The number of nitrogens with zero attached hydrogens (tertiary/aromatic N) is 1.